The fourth-order valence-electron chi connectivity index (χ4n) is 2.29. The summed E-state index contributed by atoms with van der Waals surface area (Å²) in [7, 11) is 0. The van der Waals surface area contributed by atoms with Crippen LogP contribution in [0.15, 0.2) is 42.0 Å². The zero-order valence-corrected chi connectivity index (χ0v) is 12.5. The number of carbonyl (C=O) groups is 1. The highest BCUT2D eigenvalue weighted by atomic mass is 32.1. The summed E-state index contributed by atoms with van der Waals surface area (Å²) in [6.07, 6.45) is 1.80. The number of hydrogen-bond donors (Lipinski definition) is 1. The number of hydrogen-bond acceptors (Lipinski definition) is 5. The maximum absolute atomic E-state index is 12.4. The molecule has 3 heterocycles. The van der Waals surface area contributed by atoms with Crippen molar-refractivity contribution in [2.45, 2.75) is 6.92 Å². The Bertz CT molecular complexity index is 1000. The molecule has 0 unspecified atom stereocenters. The van der Waals surface area contributed by atoms with Gasteiger partial charge in [0.2, 0.25) is 0 Å². The van der Waals surface area contributed by atoms with Crippen LogP contribution in [0.4, 0.5) is 5.69 Å². The van der Waals surface area contributed by atoms with E-state index < -0.39 is 0 Å². The van der Waals surface area contributed by atoms with Crippen LogP contribution in [0.3, 0.4) is 0 Å². The van der Waals surface area contributed by atoms with Crippen molar-refractivity contribution in [3.05, 3.63) is 53.4 Å². The second-order valence-electron chi connectivity index (χ2n) is 4.88. The number of nitrogens with one attached hydrogen (secondary N) is 1. The number of amides is 1. The van der Waals surface area contributed by atoms with Crippen molar-refractivity contribution >= 4 is 38.8 Å². The van der Waals surface area contributed by atoms with Gasteiger partial charge in [-0.05, 0) is 37.3 Å². The van der Waals surface area contributed by atoms with E-state index in [1.807, 2.05) is 29.5 Å². The number of rotatable bonds is 2. The van der Waals surface area contributed by atoms with Gasteiger partial charge in [0.05, 0.1) is 15.7 Å². The molecule has 0 aliphatic rings. The van der Waals surface area contributed by atoms with Crippen LogP contribution in [0, 0.1) is 6.92 Å². The molecule has 0 fully saturated rings. The predicted molar refractivity (Wildman–Crippen MR) is 85.3 cm³/mol. The molecule has 0 atom stereocenters. The fourth-order valence-corrected chi connectivity index (χ4v) is 3.00. The van der Waals surface area contributed by atoms with E-state index in [4.69, 9.17) is 0 Å². The summed E-state index contributed by atoms with van der Waals surface area (Å²) in [6, 6.07) is 9.14. The van der Waals surface area contributed by atoms with Crippen LogP contribution >= 0.6 is 11.3 Å². The van der Waals surface area contributed by atoms with E-state index in [2.05, 4.69) is 20.5 Å². The summed E-state index contributed by atoms with van der Waals surface area (Å²) in [5, 5.41) is 10.9. The Morgan fingerprint density at radius 2 is 2.14 bits per heavy atom. The molecule has 0 radical (unpaired) electrons. The third-order valence-corrected chi connectivity index (χ3v) is 4.22. The molecule has 1 amide bonds. The van der Waals surface area contributed by atoms with Gasteiger partial charge in [-0.15, -0.1) is 21.5 Å². The van der Waals surface area contributed by atoms with Gasteiger partial charge in [0.25, 0.3) is 5.91 Å². The molecule has 0 saturated carbocycles. The molecule has 0 aliphatic heterocycles. The largest absolute Gasteiger partial charge is 0.322 e. The first-order valence-electron chi connectivity index (χ1n) is 6.67. The van der Waals surface area contributed by atoms with Gasteiger partial charge in [-0.1, -0.05) is 0 Å². The summed E-state index contributed by atoms with van der Waals surface area (Å²) in [4.78, 5) is 16.6. The molecule has 1 aromatic carbocycles. The number of anilines is 1. The lowest BCUT2D eigenvalue weighted by Gasteiger charge is -2.05. The van der Waals surface area contributed by atoms with Crippen LogP contribution in [0.5, 0.6) is 0 Å². The molecule has 6 nitrogen and oxygen atoms in total. The molecular formula is C15H11N5OS. The molecule has 0 bridgehead atoms. The summed E-state index contributed by atoms with van der Waals surface area (Å²) in [6.45, 7) is 1.87. The Balaban J connectivity index is 1.64. The highest BCUT2D eigenvalue weighted by Gasteiger charge is 2.10. The molecule has 4 aromatic rings. The SMILES string of the molecule is Cc1nnc2cc(C(=O)Nc3ccc4ncsc4c3)ccn12. The van der Waals surface area contributed by atoms with Crippen molar-refractivity contribution in [3.8, 4) is 0 Å². The third kappa shape index (κ3) is 2.11. The predicted octanol–water partition coefficient (Wildman–Crippen LogP) is 2.90. The van der Waals surface area contributed by atoms with Crippen LogP contribution in [-0.4, -0.2) is 25.5 Å². The normalized spacial score (nSPS) is 11.1. The smallest absolute Gasteiger partial charge is 0.255 e. The zero-order valence-electron chi connectivity index (χ0n) is 11.6. The van der Waals surface area contributed by atoms with Gasteiger partial charge in [0, 0.05) is 17.4 Å². The topological polar surface area (TPSA) is 72.2 Å². The van der Waals surface area contributed by atoms with Gasteiger partial charge in [-0.2, -0.15) is 0 Å². The number of fused-ring (bicyclic) bond motifs is 2. The van der Waals surface area contributed by atoms with Crippen molar-refractivity contribution in [2.75, 3.05) is 5.32 Å². The molecule has 1 N–H and O–H groups in total. The second-order valence-corrected chi connectivity index (χ2v) is 5.77. The lowest BCUT2D eigenvalue weighted by Crippen LogP contribution is -2.12. The Labute approximate surface area is 129 Å². The van der Waals surface area contributed by atoms with E-state index in [-0.39, 0.29) is 5.91 Å². The van der Waals surface area contributed by atoms with Crippen LogP contribution in [0.25, 0.3) is 15.9 Å². The molecule has 108 valence electrons. The fraction of sp³-hybridized carbons (Fsp3) is 0.0667. The molecule has 0 spiro atoms. The molecule has 22 heavy (non-hydrogen) atoms. The van der Waals surface area contributed by atoms with Crippen molar-refractivity contribution in [3.63, 3.8) is 0 Å². The molecule has 0 aliphatic carbocycles. The van der Waals surface area contributed by atoms with Crippen LogP contribution in [0.2, 0.25) is 0 Å². The number of pyridine rings is 1. The number of benzene rings is 1. The van der Waals surface area contributed by atoms with Gasteiger partial charge in [-0.25, -0.2) is 4.98 Å². The maximum Gasteiger partial charge on any atom is 0.255 e. The zero-order chi connectivity index (χ0) is 15.1. The van der Waals surface area contributed by atoms with E-state index in [9.17, 15) is 4.79 Å². The average Bonchev–Trinajstić information content (AvgIpc) is 3.13. The summed E-state index contributed by atoms with van der Waals surface area (Å²) < 4.78 is 2.88. The highest BCUT2D eigenvalue weighted by molar-refractivity contribution is 7.16. The van der Waals surface area contributed by atoms with Gasteiger partial charge in [0.1, 0.15) is 5.82 Å². The average molecular weight is 309 g/mol. The standard InChI is InChI=1S/C15H11N5OS/c1-9-18-19-14-6-10(4-5-20(9)14)15(21)17-11-2-3-12-13(7-11)22-8-16-12/h2-8H,1H3,(H,17,21). The molecule has 3 aromatic heterocycles. The minimum atomic E-state index is -0.174. The molecule has 0 saturated heterocycles. The first-order valence-corrected chi connectivity index (χ1v) is 7.55. The summed E-state index contributed by atoms with van der Waals surface area (Å²) in [5.74, 6) is 0.615. The number of thiazole rings is 1. The Morgan fingerprint density at radius 1 is 1.23 bits per heavy atom. The minimum Gasteiger partial charge on any atom is -0.322 e. The first kappa shape index (κ1) is 12.9. The Hall–Kier alpha value is -2.80. The Morgan fingerprint density at radius 3 is 3.05 bits per heavy atom. The van der Waals surface area contributed by atoms with Crippen LogP contribution in [-0.2, 0) is 0 Å². The lowest BCUT2D eigenvalue weighted by molar-refractivity contribution is 0.102. The van der Waals surface area contributed by atoms with Gasteiger partial charge < -0.3 is 5.32 Å². The van der Waals surface area contributed by atoms with E-state index in [0.29, 0.717) is 11.2 Å². The Kier molecular flexibility index (Phi) is 2.87. The number of aryl methyl sites for hydroxylation is 1. The monoisotopic (exact) mass is 309 g/mol. The van der Waals surface area contributed by atoms with Crippen molar-refractivity contribution in [1.29, 1.82) is 0 Å². The quantitative estimate of drug-likeness (QED) is 0.618. The van der Waals surface area contributed by atoms with Crippen molar-refractivity contribution in [2.24, 2.45) is 0 Å². The molecular weight excluding hydrogens is 298 g/mol. The van der Waals surface area contributed by atoms with E-state index in [1.54, 1.807) is 35.2 Å². The summed E-state index contributed by atoms with van der Waals surface area (Å²) in [5.41, 5.74) is 4.67. The van der Waals surface area contributed by atoms with Gasteiger partial charge in [-0.3, -0.25) is 9.20 Å². The van der Waals surface area contributed by atoms with Gasteiger partial charge in [0.15, 0.2) is 5.65 Å². The van der Waals surface area contributed by atoms with Crippen molar-refractivity contribution < 1.29 is 4.79 Å². The number of carbonyl (C=O) groups excluding carboxylic acids is 1. The van der Waals surface area contributed by atoms with Crippen molar-refractivity contribution in [1.82, 2.24) is 19.6 Å². The van der Waals surface area contributed by atoms with E-state index >= 15 is 0 Å². The summed E-state index contributed by atoms with van der Waals surface area (Å²) >= 11 is 1.54. The second kappa shape index (κ2) is 4.88. The van der Waals surface area contributed by atoms with Crippen LogP contribution < -0.4 is 5.32 Å². The third-order valence-electron chi connectivity index (χ3n) is 3.43. The highest BCUT2D eigenvalue weighted by Crippen LogP contribution is 2.22. The van der Waals surface area contributed by atoms with E-state index in [0.717, 1.165) is 21.7 Å². The van der Waals surface area contributed by atoms with E-state index in [1.165, 1.54) is 0 Å². The van der Waals surface area contributed by atoms with Gasteiger partial charge >= 0.3 is 0 Å². The molecule has 4 rings (SSSR count). The maximum atomic E-state index is 12.4. The molecule has 7 heteroatoms. The number of nitrogens with zero attached hydrogens (tertiary/aromatic N) is 4. The van der Waals surface area contributed by atoms with Crippen LogP contribution in [0.1, 0.15) is 16.2 Å². The minimum absolute atomic E-state index is 0.174. The number of aromatic nitrogens is 4. The lowest BCUT2D eigenvalue weighted by atomic mass is 10.2. The first-order chi connectivity index (χ1) is 10.7.